The van der Waals surface area contributed by atoms with Gasteiger partial charge in [-0.3, -0.25) is 4.98 Å². The molecule has 2 atom stereocenters. The van der Waals surface area contributed by atoms with E-state index >= 15 is 0 Å². The van der Waals surface area contributed by atoms with E-state index in [1.165, 1.54) is 11.1 Å². The number of nitrogens with one attached hydrogen (secondary N) is 1. The largest absolute Gasteiger partial charge is 0.309 e. The third-order valence-corrected chi connectivity index (χ3v) is 3.63. The van der Waals surface area contributed by atoms with Crippen molar-refractivity contribution in [3.8, 4) is 0 Å². The molecule has 0 saturated heterocycles. The number of nitrogens with zero attached hydrogens (tertiary/aromatic N) is 2. The predicted molar refractivity (Wildman–Crippen MR) is 88.3 cm³/mol. The van der Waals surface area contributed by atoms with Gasteiger partial charge in [0.25, 0.3) is 0 Å². The van der Waals surface area contributed by atoms with Gasteiger partial charge in [0, 0.05) is 18.4 Å². The first-order valence-electron chi connectivity index (χ1n) is 7.52. The standard InChI is InChI=1S/C18H25N3/c1-15(11-14-21(2)3)20-18(16-7-5-4-6-8-16)17-9-12-19-13-10-17/h4-10,12-13,15,18,20H,11,14H2,1-3H3. The highest BCUT2D eigenvalue weighted by molar-refractivity contribution is 5.30. The number of benzene rings is 1. The predicted octanol–water partition coefficient (Wildman–Crippen LogP) is 3.10. The van der Waals surface area contributed by atoms with Gasteiger partial charge in [-0.15, -0.1) is 0 Å². The molecule has 0 aliphatic carbocycles. The van der Waals surface area contributed by atoms with Gasteiger partial charge in [-0.25, -0.2) is 0 Å². The van der Waals surface area contributed by atoms with Gasteiger partial charge in [0.05, 0.1) is 6.04 Å². The third kappa shape index (κ3) is 4.96. The van der Waals surface area contributed by atoms with Gasteiger partial charge >= 0.3 is 0 Å². The molecule has 3 heteroatoms. The van der Waals surface area contributed by atoms with Crippen molar-refractivity contribution in [2.45, 2.75) is 25.4 Å². The molecule has 0 aliphatic heterocycles. The van der Waals surface area contributed by atoms with Crippen molar-refractivity contribution in [3.05, 3.63) is 66.0 Å². The Labute approximate surface area is 128 Å². The molecule has 0 radical (unpaired) electrons. The van der Waals surface area contributed by atoms with Crippen LogP contribution in [0.4, 0.5) is 0 Å². The van der Waals surface area contributed by atoms with Crippen molar-refractivity contribution >= 4 is 0 Å². The molecule has 0 amide bonds. The van der Waals surface area contributed by atoms with Crippen LogP contribution in [-0.2, 0) is 0 Å². The van der Waals surface area contributed by atoms with Crippen LogP contribution in [0.15, 0.2) is 54.9 Å². The molecule has 2 aromatic rings. The maximum Gasteiger partial charge on any atom is 0.0579 e. The van der Waals surface area contributed by atoms with Crippen molar-refractivity contribution in [3.63, 3.8) is 0 Å². The molecule has 0 fully saturated rings. The van der Waals surface area contributed by atoms with Crippen molar-refractivity contribution < 1.29 is 0 Å². The van der Waals surface area contributed by atoms with E-state index in [-0.39, 0.29) is 6.04 Å². The van der Waals surface area contributed by atoms with Crippen molar-refractivity contribution in [2.75, 3.05) is 20.6 Å². The lowest BCUT2D eigenvalue weighted by Crippen LogP contribution is -2.33. The van der Waals surface area contributed by atoms with Crippen LogP contribution in [0.1, 0.15) is 30.5 Å². The summed E-state index contributed by atoms with van der Waals surface area (Å²) in [5.74, 6) is 0. The molecule has 1 aromatic carbocycles. The molecular weight excluding hydrogens is 258 g/mol. The van der Waals surface area contributed by atoms with E-state index in [1.807, 2.05) is 12.4 Å². The quantitative estimate of drug-likeness (QED) is 0.846. The van der Waals surface area contributed by atoms with Gasteiger partial charge in [-0.2, -0.15) is 0 Å². The minimum Gasteiger partial charge on any atom is -0.309 e. The summed E-state index contributed by atoms with van der Waals surface area (Å²) >= 11 is 0. The zero-order valence-corrected chi connectivity index (χ0v) is 13.2. The van der Waals surface area contributed by atoms with Gasteiger partial charge in [0.1, 0.15) is 0 Å². The Balaban J connectivity index is 2.13. The fourth-order valence-electron chi connectivity index (χ4n) is 2.41. The molecule has 21 heavy (non-hydrogen) atoms. The van der Waals surface area contributed by atoms with Crippen LogP contribution in [0.25, 0.3) is 0 Å². The van der Waals surface area contributed by atoms with E-state index in [0.717, 1.165) is 13.0 Å². The summed E-state index contributed by atoms with van der Waals surface area (Å²) in [6.07, 6.45) is 4.84. The number of hydrogen-bond acceptors (Lipinski definition) is 3. The molecule has 0 bridgehead atoms. The Morgan fingerprint density at radius 2 is 1.62 bits per heavy atom. The number of hydrogen-bond donors (Lipinski definition) is 1. The summed E-state index contributed by atoms with van der Waals surface area (Å²) in [5.41, 5.74) is 2.55. The van der Waals surface area contributed by atoms with Crippen LogP contribution in [-0.4, -0.2) is 36.6 Å². The van der Waals surface area contributed by atoms with Crippen molar-refractivity contribution in [2.24, 2.45) is 0 Å². The monoisotopic (exact) mass is 283 g/mol. The average Bonchev–Trinajstić information content (AvgIpc) is 2.52. The highest BCUT2D eigenvalue weighted by Gasteiger charge is 2.16. The van der Waals surface area contributed by atoms with Gasteiger partial charge in [-0.1, -0.05) is 30.3 Å². The third-order valence-electron chi connectivity index (χ3n) is 3.63. The maximum absolute atomic E-state index is 4.13. The normalized spacial score (nSPS) is 14.1. The SMILES string of the molecule is CC(CCN(C)C)NC(c1ccccc1)c1ccncc1. The van der Waals surface area contributed by atoms with E-state index in [2.05, 4.69) is 78.7 Å². The maximum atomic E-state index is 4.13. The summed E-state index contributed by atoms with van der Waals surface area (Å²) in [4.78, 5) is 6.35. The summed E-state index contributed by atoms with van der Waals surface area (Å²) in [5, 5.41) is 3.75. The molecule has 1 N–H and O–H groups in total. The molecule has 2 unspecified atom stereocenters. The molecule has 0 saturated carbocycles. The smallest absolute Gasteiger partial charge is 0.0579 e. The molecular formula is C18H25N3. The number of pyridine rings is 1. The molecule has 112 valence electrons. The van der Waals surface area contributed by atoms with E-state index in [1.54, 1.807) is 0 Å². The van der Waals surface area contributed by atoms with Gasteiger partial charge < -0.3 is 10.2 Å². The summed E-state index contributed by atoms with van der Waals surface area (Å²) < 4.78 is 0. The Bertz CT molecular complexity index is 471. The highest BCUT2D eigenvalue weighted by atomic mass is 15.1. The second-order valence-corrected chi connectivity index (χ2v) is 5.78. The first-order chi connectivity index (χ1) is 10.2. The minimum absolute atomic E-state index is 0.214. The second kappa shape index (κ2) is 7.91. The lowest BCUT2D eigenvalue weighted by Gasteiger charge is -2.25. The van der Waals surface area contributed by atoms with Crippen LogP contribution >= 0.6 is 0 Å². The fourth-order valence-corrected chi connectivity index (χ4v) is 2.41. The second-order valence-electron chi connectivity index (χ2n) is 5.78. The topological polar surface area (TPSA) is 28.2 Å². The van der Waals surface area contributed by atoms with E-state index in [0.29, 0.717) is 6.04 Å². The Morgan fingerprint density at radius 1 is 1.00 bits per heavy atom. The molecule has 0 spiro atoms. The number of aromatic nitrogens is 1. The van der Waals surface area contributed by atoms with E-state index in [4.69, 9.17) is 0 Å². The Morgan fingerprint density at radius 3 is 2.24 bits per heavy atom. The molecule has 1 heterocycles. The Hall–Kier alpha value is -1.71. The van der Waals surface area contributed by atoms with Gasteiger partial charge in [0.2, 0.25) is 0 Å². The van der Waals surface area contributed by atoms with Crippen LogP contribution < -0.4 is 5.32 Å². The van der Waals surface area contributed by atoms with Crippen LogP contribution in [0.2, 0.25) is 0 Å². The highest BCUT2D eigenvalue weighted by Crippen LogP contribution is 2.22. The van der Waals surface area contributed by atoms with E-state index in [9.17, 15) is 0 Å². The minimum atomic E-state index is 0.214. The molecule has 1 aromatic heterocycles. The molecule has 0 aliphatic rings. The Kier molecular flexibility index (Phi) is 5.90. The first kappa shape index (κ1) is 15.7. The average molecular weight is 283 g/mol. The zero-order chi connectivity index (χ0) is 15.1. The summed E-state index contributed by atoms with van der Waals surface area (Å²) in [7, 11) is 4.23. The van der Waals surface area contributed by atoms with Crippen molar-refractivity contribution in [1.82, 2.24) is 15.2 Å². The lowest BCUT2D eigenvalue weighted by atomic mass is 9.98. The lowest BCUT2D eigenvalue weighted by molar-refractivity contribution is 0.358. The summed E-state index contributed by atoms with van der Waals surface area (Å²) in [6, 6.07) is 15.4. The number of rotatable bonds is 7. The molecule has 2 rings (SSSR count). The van der Waals surface area contributed by atoms with Crippen LogP contribution in [0.3, 0.4) is 0 Å². The van der Waals surface area contributed by atoms with Crippen LogP contribution in [0, 0.1) is 0 Å². The van der Waals surface area contributed by atoms with Gasteiger partial charge in [0.15, 0.2) is 0 Å². The van der Waals surface area contributed by atoms with Crippen molar-refractivity contribution in [1.29, 1.82) is 0 Å². The van der Waals surface area contributed by atoms with Gasteiger partial charge in [-0.05, 0) is 57.2 Å². The van der Waals surface area contributed by atoms with E-state index < -0.39 is 0 Å². The first-order valence-corrected chi connectivity index (χ1v) is 7.52. The fraction of sp³-hybridized carbons (Fsp3) is 0.389. The zero-order valence-electron chi connectivity index (χ0n) is 13.2. The molecule has 3 nitrogen and oxygen atoms in total. The summed E-state index contributed by atoms with van der Waals surface area (Å²) in [6.45, 7) is 3.34. The van der Waals surface area contributed by atoms with Crippen LogP contribution in [0.5, 0.6) is 0 Å².